The van der Waals surface area contributed by atoms with Crippen LogP contribution in [0.5, 0.6) is 0 Å². The Morgan fingerprint density at radius 1 is 1.24 bits per heavy atom. The summed E-state index contributed by atoms with van der Waals surface area (Å²) < 4.78 is 0. The summed E-state index contributed by atoms with van der Waals surface area (Å²) in [6, 6.07) is 5.21. The van der Waals surface area contributed by atoms with Gasteiger partial charge >= 0.3 is 0 Å². The molecule has 0 aliphatic heterocycles. The number of nitrogens with two attached hydrogens (primary N) is 1. The Morgan fingerprint density at radius 3 is 2.71 bits per heavy atom. The number of aryl methyl sites for hydroxylation is 1. The topological polar surface area (TPSA) is 63.8 Å². The van der Waals surface area contributed by atoms with E-state index in [2.05, 4.69) is 15.3 Å². The normalized spacial score (nSPS) is 10.3. The lowest BCUT2D eigenvalue weighted by atomic mass is 10.2. The molecule has 17 heavy (non-hydrogen) atoms. The van der Waals surface area contributed by atoms with E-state index in [1.807, 2.05) is 13.0 Å². The quantitative estimate of drug-likeness (QED) is 0.876. The van der Waals surface area contributed by atoms with Gasteiger partial charge in [0.1, 0.15) is 5.82 Å². The third-order valence-electron chi connectivity index (χ3n) is 2.20. The SMILES string of the molecule is Cc1ccc(Cl)c(Nc2nccc(N)n2)c1Cl. The highest BCUT2D eigenvalue weighted by molar-refractivity contribution is 6.39. The van der Waals surface area contributed by atoms with Gasteiger partial charge in [0.15, 0.2) is 0 Å². The van der Waals surface area contributed by atoms with Crippen LogP contribution in [0, 0.1) is 6.92 Å². The van der Waals surface area contributed by atoms with Crippen LogP contribution in [0.4, 0.5) is 17.5 Å². The Kier molecular flexibility index (Phi) is 3.36. The molecule has 0 saturated carbocycles. The van der Waals surface area contributed by atoms with Gasteiger partial charge in [0.2, 0.25) is 5.95 Å². The number of halogens is 2. The fraction of sp³-hybridized carbons (Fsp3) is 0.0909. The first-order valence-corrected chi connectivity index (χ1v) is 5.63. The van der Waals surface area contributed by atoms with Gasteiger partial charge in [-0.1, -0.05) is 29.3 Å². The van der Waals surface area contributed by atoms with Gasteiger partial charge < -0.3 is 11.1 Å². The van der Waals surface area contributed by atoms with Crippen LogP contribution >= 0.6 is 23.2 Å². The molecule has 0 spiro atoms. The maximum Gasteiger partial charge on any atom is 0.229 e. The number of nitrogens with one attached hydrogen (secondary N) is 1. The van der Waals surface area contributed by atoms with Crippen LogP contribution in [0.1, 0.15) is 5.56 Å². The molecule has 0 unspecified atom stereocenters. The van der Waals surface area contributed by atoms with Crippen molar-refractivity contribution < 1.29 is 0 Å². The van der Waals surface area contributed by atoms with Crippen LogP contribution in [0.2, 0.25) is 10.0 Å². The summed E-state index contributed by atoms with van der Waals surface area (Å²) in [7, 11) is 0. The van der Waals surface area contributed by atoms with Gasteiger partial charge in [-0.25, -0.2) is 4.98 Å². The summed E-state index contributed by atoms with van der Waals surface area (Å²) in [5.41, 5.74) is 7.06. The van der Waals surface area contributed by atoms with E-state index in [9.17, 15) is 0 Å². The zero-order valence-electron chi connectivity index (χ0n) is 9.04. The Morgan fingerprint density at radius 2 is 2.00 bits per heavy atom. The molecule has 0 aliphatic carbocycles. The molecule has 0 atom stereocenters. The van der Waals surface area contributed by atoms with Crippen molar-refractivity contribution in [3.05, 3.63) is 40.0 Å². The molecule has 0 bridgehead atoms. The first-order valence-electron chi connectivity index (χ1n) is 4.88. The minimum absolute atomic E-state index is 0.361. The number of rotatable bonds is 2. The molecule has 1 aromatic heterocycles. The summed E-state index contributed by atoms with van der Waals surface area (Å²) in [4.78, 5) is 8.05. The standard InChI is InChI=1S/C11H10Cl2N4/c1-6-2-3-7(12)10(9(6)13)17-11-15-5-4-8(14)16-11/h2-5H,1H3,(H3,14,15,16,17). The van der Waals surface area contributed by atoms with Gasteiger partial charge in [-0.3, -0.25) is 0 Å². The lowest BCUT2D eigenvalue weighted by Gasteiger charge is -2.10. The predicted octanol–water partition coefficient (Wildman–Crippen LogP) is 3.42. The van der Waals surface area contributed by atoms with E-state index >= 15 is 0 Å². The molecule has 2 rings (SSSR count). The van der Waals surface area contributed by atoms with Crippen LogP contribution in [0.15, 0.2) is 24.4 Å². The van der Waals surface area contributed by atoms with Crippen LogP contribution in [0.3, 0.4) is 0 Å². The summed E-state index contributed by atoms with van der Waals surface area (Å²) in [5, 5.41) is 4.01. The Bertz CT molecular complexity index is 557. The summed E-state index contributed by atoms with van der Waals surface area (Å²) >= 11 is 12.2. The molecule has 4 nitrogen and oxygen atoms in total. The van der Waals surface area contributed by atoms with E-state index in [1.54, 1.807) is 18.3 Å². The van der Waals surface area contributed by atoms with Crippen LogP contribution in [-0.4, -0.2) is 9.97 Å². The Labute approximate surface area is 109 Å². The number of nitrogens with zero attached hydrogens (tertiary/aromatic N) is 2. The molecular weight excluding hydrogens is 259 g/mol. The summed E-state index contributed by atoms with van der Waals surface area (Å²) in [6.45, 7) is 1.89. The van der Waals surface area contributed by atoms with E-state index < -0.39 is 0 Å². The van der Waals surface area contributed by atoms with Crippen molar-refractivity contribution in [3.8, 4) is 0 Å². The van der Waals surface area contributed by atoms with Crippen molar-refractivity contribution in [1.29, 1.82) is 0 Å². The first kappa shape index (κ1) is 12.0. The Hall–Kier alpha value is -1.52. The maximum atomic E-state index is 6.15. The largest absolute Gasteiger partial charge is 0.384 e. The number of nitrogen functional groups attached to an aromatic ring is 1. The van der Waals surface area contributed by atoms with Gasteiger partial charge in [0, 0.05) is 6.20 Å². The van der Waals surface area contributed by atoms with Crippen LogP contribution in [0.25, 0.3) is 0 Å². The fourth-order valence-corrected chi connectivity index (χ4v) is 1.78. The average molecular weight is 269 g/mol. The molecule has 0 saturated heterocycles. The maximum absolute atomic E-state index is 6.15. The minimum atomic E-state index is 0.361. The van der Waals surface area contributed by atoms with Crippen molar-refractivity contribution in [2.75, 3.05) is 11.1 Å². The minimum Gasteiger partial charge on any atom is -0.384 e. The van der Waals surface area contributed by atoms with Gasteiger partial charge in [-0.05, 0) is 24.6 Å². The molecule has 0 amide bonds. The molecular formula is C11H10Cl2N4. The lowest BCUT2D eigenvalue weighted by Crippen LogP contribution is -2.01. The van der Waals surface area contributed by atoms with Crippen molar-refractivity contribution in [2.45, 2.75) is 6.92 Å². The first-order chi connectivity index (χ1) is 8.08. The molecule has 0 fully saturated rings. The number of anilines is 3. The number of aromatic nitrogens is 2. The Balaban J connectivity index is 2.39. The number of hydrogen-bond donors (Lipinski definition) is 2. The van der Waals surface area contributed by atoms with E-state index in [0.29, 0.717) is 27.5 Å². The average Bonchev–Trinajstić information content (AvgIpc) is 2.30. The van der Waals surface area contributed by atoms with E-state index in [-0.39, 0.29) is 0 Å². The zero-order chi connectivity index (χ0) is 12.4. The molecule has 1 heterocycles. The van der Waals surface area contributed by atoms with E-state index in [1.165, 1.54) is 0 Å². The van der Waals surface area contributed by atoms with Crippen LogP contribution in [-0.2, 0) is 0 Å². The molecule has 1 aromatic carbocycles. The summed E-state index contributed by atoms with van der Waals surface area (Å²) in [5.74, 6) is 0.738. The van der Waals surface area contributed by atoms with E-state index in [4.69, 9.17) is 28.9 Å². The van der Waals surface area contributed by atoms with Gasteiger partial charge in [-0.2, -0.15) is 4.98 Å². The summed E-state index contributed by atoms with van der Waals surface area (Å²) in [6.07, 6.45) is 1.56. The van der Waals surface area contributed by atoms with Crippen LogP contribution < -0.4 is 11.1 Å². The second-order valence-corrected chi connectivity index (χ2v) is 4.27. The smallest absolute Gasteiger partial charge is 0.229 e. The molecule has 0 radical (unpaired) electrons. The molecule has 0 aliphatic rings. The lowest BCUT2D eigenvalue weighted by molar-refractivity contribution is 1.17. The fourth-order valence-electron chi connectivity index (χ4n) is 1.32. The molecule has 88 valence electrons. The second kappa shape index (κ2) is 4.77. The zero-order valence-corrected chi connectivity index (χ0v) is 10.5. The van der Waals surface area contributed by atoms with Gasteiger partial charge in [0.25, 0.3) is 0 Å². The third kappa shape index (κ3) is 2.60. The van der Waals surface area contributed by atoms with Crippen molar-refractivity contribution in [2.24, 2.45) is 0 Å². The monoisotopic (exact) mass is 268 g/mol. The highest BCUT2D eigenvalue weighted by Crippen LogP contribution is 2.34. The highest BCUT2D eigenvalue weighted by Gasteiger charge is 2.09. The molecule has 6 heteroatoms. The second-order valence-electron chi connectivity index (χ2n) is 3.48. The van der Waals surface area contributed by atoms with Gasteiger partial charge in [0.05, 0.1) is 15.7 Å². The number of hydrogen-bond acceptors (Lipinski definition) is 4. The highest BCUT2D eigenvalue weighted by atomic mass is 35.5. The molecule has 3 N–H and O–H groups in total. The van der Waals surface area contributed by atoms with Crippen molar-refractivity contribution in [3.63, 3.8) is 0 Å². The third-order valence-corrected chi connectivity index (χ3v) is 3.00. The molecule has 2 aromatic rings. The van der Waals surface area contributed by atoms with E-state index in [0.717, 1.165) is 5.56 Å². The van der Waals surface area contributed by atoms with Crippen molar-refractivity contribution >= 4 is 40.7 Å². The predicted molar refractivity (Wildman–Crippen MR) is 70.9 cm³/mol. The van der Waals surface area contributed by atoms with Gasteiger partial charge in [-0.15, -0.1) is 0 Å². The van der Waals surface area contributed by atoms with Crippen molar-refractivity contribution in [1.82, 2.24) is 9.97 Å². The number of benzene rings is 1.